The van der Waals surface area contributed by atoms with Crippen molar-refractivity contribution < 1.29 is 23.0 Å². The summed E-state index contributed by atoms with van der Waals surface area (Å²) >= 11 is 0. The molecule has 7 nitrogen and oxygen atoms in total. The number of pyridine rings is 2. The number of methoxy groups -OCH3 is 1. The van der Waals surface area contributed by atoms with E-state index in [1.807, 2.05) is 18.2 Å². The molecule has 1 aromatic carbocycles. The summed E-state index contributed by atoms with van der Waals surface area (Å²) in [5, 5.41) is 1.81. The Morgan fingerprint density at radius 1 is 1.06 bits per heavy atom. The van der Waals surface area contributed by atoms with Crippen molar-refractivity contribution in [2.45, 2.75) is 25.9 Å². The zero-order valence-corrected chi connectivity index (χ0v) is 18.9. The summed E-state index contributed by atoms with van der Waals surface area (Å²) < 4.78 is 41.0. The minimum Gasteiger partial charge on any atom is -0.493 e. The number of nitrogens with zero attached hydrogens (tertiary/aromatic N) is 3. The van der Waals surface area contributed by atoms with Crippen molar-refractivity contribution >= 4 is 21.8 Å². The predicted octanol–water partition coefficient (Wildman–Crippen LogP) is 5.25. The molecular weight excluding hydrogens is 442 g/mol. The lowest BCUT2D eigenvalue weighted by Crippen LogP contribution is -2.21. The number of ether oxygens (including phenoxy) is 3. The highest BCUT2D eigenvalue weighted by atomic mass is 19.3. The van der Waals surface area contributed by atoms with Gasteiger partial charge in [0.05, 0.1) is 30.4 Å². The van der Waals surface area contributed by atoms with Gasteiger partial charge in [-0.2, -0.15) is 8.78 Å². The molecule has 1 aliphatic rings. The summed E-state index contributed by atoms with van der Waals surface area (Å²) in [6.45, 7) is 1.10. The van der Waals surface area contributed by atoms with E-state index in [2.05, 4.69) is 24.6 Å². The Morgan fingerprint density at radius 3 is 2.65 bits per heavy atom. The van der Waals surface area contributed by atoms with Crippen LogP contribution in [0.5, 0.6) is 17.4 Å². The Hall–Kier alpha value is -3.46. The van der Waals surface area contributed by atoms with Crippen molar-refractivity contribution in [1.82, 2.24) is 19.9 Å². The number of aromatic nitrogens is 3. The molecule has 4 heterocycles. The van der Waals surface area contributed by atoms with Crippen molar-refractivity contribution in [2.24, 2.45) is 0 Å². The number of aromatic amines is 1. The minimum absolute atomic E-state index is 0.141. The first-order chi connectivity index (χ1) is 16.6. The monoisotopic (exact) mass is 468 g/mol. The third kappa shape index (κ3) is 4.61. The van der Waals surface area contributed by atoms with Crippen molar-refractivity contribution in [3.63, 3.8) is 0 Å². The van der Waals surface area contributed by atoms with Crippen LogP contribution < -0.4 is 14.2 Å². The zero-order chi connectivity index (χ0) is 23.5. The maximum atomic E-state index is 12.5. The van der Waals surface area contributed by atoms with E-state index in [4.69, 9.17) is 9.47 Å². The average molecular weight is 469 g/mol. The van der Waals surface area contributed by atoms with Crippen LogP contribution in [-0.4, -0.2) is 59.8 Å². The fraction of sp³-hybridized carbons (Fsp3) is 0.360. The van der Waals surface area contributed by atoms with E-state index < -0.39 is 6.61 Å². The van der Waals surface area contributed by atoms with Gasteiger partial charge in [0.1, 0.15) is 0 Å². The second kappa shape index (κ2) is 9.80. The molecule has 1 N–H and O–H groups in total. The molecule has 0 spiro atoms. The molecule has 0 saturated carbocycles. The molecule has 5 rings (SSSR count). The lowest BCUT2D eigenvalue weighted by molar-refractivity contribution is -0.0528. The van der Waals surface area contributed by atoms with Gasteiger partial charge in [0.2, 0.25) is 5.88 Å². The van der Waals surface area contributed by atoms with Gasteiger partial charge in [0, 0.05) is 47.4 Å². The Bertz CT molecular complexity index is 1270. The molecule has 0 aliphatic carbocycles. The van der Waals surface area contributed by atoms with E-state index in [9.17, 15) is 8.78 Å². The molecule has 0 unspecified atom stereocenters. The summed E-state index contributed by atoms with van der Waals surface area (Å²) in [5.74, 6) is 1.19. The highest BCUT2D eigenvalue weighted by molar-refractivity contribution is 6.13. The second-order valence-electron chi connectivity index (χ2n) is 8.27. The Morgan fingerprint density at radius 2 is 1.91 bits per heavy atom. The van der Waals surface area contributed by atoms with Gasteiger partial charge in [-0.1, -0.05) is 0 Å². The smallest absolute Gasteiger partial charge is 0.388 e. The highest BCUT2D eigenvalue weighted by Crippen LogP contribution is 2.39. The summed E-state index contributed by atoms with van der Waals surface area (Å²) in [6.07, 6.45) is 6.70. The van der Waals surface area contributed by atoms with E-state index in [1.54, 1.807) is 19.4 Å². The molecule has 34 heavy (non-hydrogen) atoms. The SMILES string of the molecule is COc1cc2c(cc1OCCCN1CCCC1)[nH]c1ccnc(-c3ccc(OC(F)F)nc3)c12. The number of hydrogen-bond donors (Lipinski definition) is 1. The molecule has 0 amide bonds. The maximum Gasteiger partial charge on any atom is 0.388 e. The number of halogens is 2. The van der Waals surface area contributed by atoms with E-state index >= 15 is 0 Å². The third-order valence-electron chi connectivity index (χ3n) is 6.09. The van der Waals surface area contributed by atoms with Crippen LogP contribution in [0.25, 0.3) is 33.1 Å². The molecule has 9 heteroatoms. The van der Waals surface area contributed by atoms with Crippen molar-refractivity contribution in [3.8, 4) is 28.6 Å². The first-order valence-corrected chi connectivity index (χ1v) is 11.4. The number of likely N-dealkylation sites (tertiary alicyclic amines) is 1. The van der Waals surface area contributed by atoms with Crippen molar-refractivity contribution in [3.05, 3.63) is 42.7 Å². The largest absolute Gasteiger partial charge is 0.493 e. The van der Waals surface area contributed by atoms with E-state index in [1.165, 1.54) is 38.2 Å². The Kier molecular flexibility index (Phi) is 6.44. The topological polar surface area (TPSA) is 72.5 Å². The third-order valence-corrected chi connectivity index (χ3v) is 6.09. The number of alkyl halides is 2. The van der Waals surface area contributed by atoms with Gasteiger partial charge in [0.15, 0.2) is 11.5 Å². The summed E-state index contributed by atoms with van der Waals surface area (Å²) in [7, 11) is 1.62. The van der Waals surface area contributed by atoms with Gasteiger partial charge in [0.25, 0.3) is 0 Å². The summed E-state index contributed by atoms with van der Waals surface area (Å²) in [4.78, 5) is 14.4. The van der Waals surface area contributed by atoms with Gasteiger partial charge in [-0.3, -0.25) is 4.98 Å². The van der Waals surface area contributed by atoms with E-state index in [-0.39, 0.29) is 5.88 Å². The molecular formula is C25H26F2N4O3. The maximum absolute atomic E-state index is 12.5. The van der Waals surface area contributed by atoms with Crippen LogP contribution in [0.1, 0.15) is 19.3 Å². The van der Waals surface area contributed by atoms with Gasteiger partial charge in [-0.05, 0) is 50.6 Å². The number of rotatable bonds is 9. The number of H-pyrrole nitrogens is 1. The van der Waals surface area contributed by atoms with Crippen LogP contribution in [0.3, 0.4) is 0 Å². The van der Waals surface area contributed by atoms with Crippen LogP contribution in [-0.2, 0) is 0 Å². The number of hydrogen-bond acceptors (Lipinski definition) is 6. The second-order valence-corrected chi connectivity index (χ2v) is 8.27. The number of nitrogens with one attached hydrogen (secondary N) is 1. The van der Waals surface area contributed by atoms with Crippen LogP contribution >= 0.6 is 0 Å². The lowest BCUT2D eigenvalue weighted by Gasteiger charge is -2.15. The van der Waals surface area contributed by atoms with Gasteiger partial charge < -0.3 is 24.1 Å². The van der Waals surface area contributed by atoms with Crippen molar-refractivity contribution in [2.75, 3.05) is 33.4 Å². The molecule has 4 aromatic rings. The Balaban J connectivity index is 1.44. The highest BCUT2D eigenvalue weighted by Gasteiger charge is 2.17. The van der Waals surface area contributed by atoms with E-state index in [0.717, 1.165) is 34.8 Å². The predicted molar refractivity (Wildman–Crippen MR) is 126 cm³/mol. The average Bonchev–Trinajstić information content (AvgIpc) is 3.48. The molecule has 3 aromatic heterocycles. The Labute approximate surface area is 195 Å². The summed E-state index contributed by atoms with van der Waals surface area (Å²) in [5.41, 5.74) is 3.15. The molecule has 1 aliphatic heterocycles. The molecule has 0 atom stereocenters. The molecule has 1 saturated heterocycles. The van der Waals surface area contributed by atoms with Crippen LogP contribution in [0.2, 0.25) is 0 Å². The lowest BCUT2D eigenvalue weighted by atomic mass is 10.1. The minimum atomic E-state index is -2.92. The standard InChI is InChI=1S/C25H26F2N4O3/c1-32-20-13-17-19(14-21(20)33-12-4-11-31-9-2-3-10-31)30-18-7-8-28-24(23(17)18)16-5-6-22(29-15-16)34-25(26)27/h5-8,13-15,25,30H,2-4,9-12H2,1H3. The molecule has 0 radical (unpaired) electrons. The molecule has 1 fully saturated rings. The fourth-order valence-electron chi connectivity index (χ4n) is 4.50. The number of benzene rings is 1. The fourth-order valence-corrected chi connectivity index (χ4v) is 4.50. The van der Waals surface area contributed by atoms with Crippen LogP contribution in [0.4, 0.5) is 8.78 Å². The summed E-state index contributed by atoms with van der Waals surface area (Å²) in [6, 6.07) is 8.86. The quantitative estimate of drug-likeness (QED) is 0.338. The van der Waals surface area contributed by atoms with Gasteiger partial charge in [-0.25, -0.2) is 4.98 Å². The first-order valence-electron chi connectivity index (χ1n) is 11.4. The van der Waals surface area contributed by atoms with Crippen LogP contribution in [0.15, 0.2) is 42.7 Å². The van der Waals surface area contributed by atoms with E-state index in [0.29, 0.717) is 29.4 Å². The molecule has 178 valence electrons. The first kappa shape index (κ1) is 22.3. The normalized spacial score (nSPS) is 14.4. The van der Waals surface area contributed by atoms with Crippen molar-refractivity contribution in [1.29, 1.82) is 0 Å². The van der Waals surface area contributed by atoms with Gasteiger partial charge >= 0.3 is 6.61 Å². The number of fused-ring (bicyclic) bond motifs is 3. The van der Waals surface area contributed by atoms with Crippen LogP contribution in [0, 0.1) is 0 Å². The zero-order valence-electron chi connectivity index (χ0n) is 18.9. The van der Waals surface area contributed by atoms with Gasteiger partial charge in [-0.15, -0.1) is 0 Å². The molecule has 0 bridgehead atoms.